The van der Waals surface area contributed by atoms with Gasteiger partial charge in [-0.2, -0.15) is 0 Å². The Morgan fingerprint density at radius 1 is 0.719 bits per heavy atom. The first-order chi connectivity index (χ1) is 15.7. The lowest BCUT2D eigenvalue weighted by Gasteiger charge is -2.22. The van der Waals surface area contributed by atoms with Crippen molar-refractivity contribution in [2.75, 3.05) is 4.90 Å². The molecule has 4 aromatic rings. The van der Waals surface area contributed by atoms with E-state index < -0.39 is 0 Å². The molecule has 2 amide bonds. The molecule has 4 rings (SSSR count). The van der Waals surface area contributed by atoms with E-state index in [1.165, 1.54) is 6.26 Å². The second-order valence-electron chi connectivity index (χ2n) is 7.46. The van der Waals surface area contributed by atoms with Crippen LogP contribution in [0.3, 0.4) is 0 Å². The van der Waals surface area contributed by atoms with Gasteiger partial charge in [0.15, 0.2) is 5.76 Å². The van der Waals surface area contributed by atoms with Crippen LogP contribution in [0.15, 0.2) is 108 Å². The summed E-state index contributed by atoms with van der Waals surface area (Å²) in [7, 11) is 0. The van der Waals surface area contributed by atoms with E-state index in [4.69, 9.17) is 4.42 Å². The monoisotopic (exact) mass is 424 g/mol. The summed E-state index contributed by atoms with van der Waals surface area (Å²) in [6.45, 7) is 0.914. The van der Waals surface area contributed by atoms with Crippen LogP contribution >= 0.6 is 0 Å². The fourth-order valence-electron chi connectivity index (χ4n) is 3.42. The molecule has 0 saturated heterocycles. The molecule has 0 bridgehead atoms. The highest BCUT2D eigenvalue weighted by Crippen LogP contribution is 2.21. The molecule has 160 valence electrons. The van der Waals surface area contributed by atoms with Crippen LogP contribution in [0.5, 0.6) is 0 Å². The van der Waals surface area contributed by atoms with E-state index >= 15 is 0 Å². The van der Waals surface area contributed by atoms with Crippen LogP contribution < -0.4 is 10.2 Å². The van der Waals surface area contributed by atoms with Crippen LogP contribution in [0.2, 0.25) is 0 Å². The fourth-order valence-corrected chi connectivity index (χ4v) is 3.42. The maximum absolute atomic E-state index is 13.1. The summed E-state index contributed by atoms with van der Waals surface area (Å²) in [5, 5.41) is 2.94. The zero-order chi connectivity index (χ0) is 22.2. The van der Waals surface area contributed by atoms with Gasteiger partial charge in [-0.05, 0) is 41.0 Å². The first-order valence-corrected chi connectivity index (χ1v) is 10.5. The number of hydrogen-bond donors (Lipinski definition) is 1. The maximum Gasteiger partial charge on any atom is 0.294 e. The third-order valence-electron chi connectivity index (χ3n) is 5.11. The summed E-state index contributed by atoms with van der Waals surface area (Å²) in [5.74, 6) is 0.0203. The van der Waals surface area contributed by atoms with E-state index in [0.29, 0.717) is 13.1 Å². The average molecular weight is 425 g/mol. The third kappa shape index (κ3) is 5.52. The van der Waals surface area contributed by atoms with Crippen LogP contribution in [-0.2, 0) is 24.3 Å². The van der Waals surface area contributed by atoms with E-state index in [-0.39, 0.29) is 24.0 Å². The highest BCUT2D eigenvalue weighted by Gasteiger charge is 2.20. The van der Waals surface area contributed by atoms with Gasteiger partial charge in [-0.25, -0.2) is 0 Å². The molecule has 5 nitrogen and oxygen atoms in total. The van der Waals surface area contributed by atoms with Gasteiger partial charge in [0.2, 0.25) is 5.91 Å². The Labute approximate surface area is 187 Å². The van der Waals surface area contributed by atoms with Gasteiger partial charge in [-0.15, -0.1) is 0 Å². The molecule has 0 aliphatic heterocycles. The smallest absolute Gasteiger partial charge is 0.294 e. The minimum atomic E-state index is -0.216. The number of nitrogens with one attached hydrogen (secondary N) is 1. The summed E-state index contributed by atoms with van der Waals surface area (Å²) in [6, 6.07) is 30.5. The Hall–Kier alpha value is -4.12. The van der Waals surface area contributed by atoms with Crippen molar-refractivity contribution in [3.8, 4) is 0 Å². The van der Waals surface area contributed by atoms with Crippen LogP contribution in [0.4, 0.5) is 5.69 Å². The van der Waals surface area contributed by atoms with Crippen molar-refractivity contribution in [3.05, 3.63) is 126 Å². The number of benzene rings is 3. The Morgan fingerprint density at radius 3 is 2.00 bits per heavy atom. The quantitative estimate of drug-likeness (QED) is 0.434. The van der Waals surface area contributed by atoms with Gasteiger partial charge in [0.05, 0.1) is 19.2 Å². The van der Waals surface area contributed by atoms with Crippen LogP contribution in [0.25, 0.3) is 0 Å². The van der Waals surface area contributed by atoms with E-state index in [2.05, 4.69) is 5.32 Å². The van der Waals surface area contributed by atoms with Gasteiger partial charge in [0.25, 0.3) is 5.91 Å². The first kappa shape index (κ1) is 21.1. The zero-order valence-corrected chi connectivity index (χ0v) is 17.6. The van der Waals surface area contributed by atoms with E-state index in [1.54, 1.807) is 17.0 Å². The average Bonchev–Trinajstić information content (AvgIpc) is 3.38. The van der Waals surface area contributed by atoms with Crippen LogP contribution in [0, 0.1) is 0 Å². The Kier molecular flexibility index (Phi) is 6.78. The van der Waals surface area contributed by atoms with Gasteiger partial charge in [0, 0.05) is 12.2 Å². The van der Waals surface area contributed by atoms with Crippen molar-refractivity contribution in [3.63, 3.8) is 0 Å². The second-order valence-corrected chi connectivity index (χ2v) is 7.46. The van der Waals surface area contributed by atoms with Gasteiger partial charge >= 0.3 is 0 Å². The number of nitrogens with zero attached hydrogens (tertiary/aromatic N) is 1. The molecule has 1 heterocycles. The standard InChI is InChI=1S/C27H24N2O3/c30-26(28-19-22-8-3-1-4-9-22)18-21-13-15-24(16-14-21)29(20-23-10-5-2-6-11-23)27(31)25-12-7-17-32-25/h1-17H,18-20H2,(H,28,30). The molecule has 0 saturated carbocycles. The number of furan rings is 1. The van der Waals surface area contributed by atoms with E-state index in [9.17, 15) is 9.59 Å². The van der Waals surface area contributed by atoms with Crippen LogP contribution in [-0.4, -0.2) is 11.8 Å². The molecule has 0 aliphatic rings. The molecule has 0 unspecified atom stereocenters. The van der Waals surface area contributed by atoms with Crippen molar-refractivity contribution in [1.29, 1.82) is 0 Å². The van der Waals surface area contributed by atoms with Gasteiger partial charge in [-0.1, -0.05) is 72.8 Å². The molecule has 0 atom stereocenters. The minimum Gasteiger partial charge on any atom is -0.459 e. The molecule has 32 heavy (non-hydrogen) atoms. The molecular weight excluding hydrogens is 400 g/mol. The van der Waals surface area contributed by atoms with Gasteiger partial charge < -0.3 is 14.6 Å². The molecular formula is C27H24N2O3. The fraction of sp³-hybridized carbons (Fsp3) is 0.111. The highest BCUT2D eigenvalue weighted by molar-refractivity contribution is 6.04. The number of anilines is 1. The van der Waals surface area contributed by atoms with Crippen molar-refractivity contribution in [2.24, 2.45) is 0 Å². The summed E-state index contributed by atoms with van der Waals surface area (Å²) >= 11 is 0. The molecule has 0 spiro atoms. The largest absolute Gasteiger partial charge is 0.459 e. The number of hydrogen-bond acceptors (Lipinski definition) is 3. The molecule has 3 aromatic carbocycles. The lowest BCUT2D eigenvalue weighted by atomic mass is 10.1. The molecule has 0 aliphatic carbocycles. The second kappa shape index (κ2) is 10.3. The number of carbonyl (C=O) groups excluding carboxylic acids is 2. The Balaban J connectivity index is 1.45. The van der Waals surface area contributed by atoms with Crippen molar-refractivity contribution >= 4 is 17.5 Å². The zero-order valence-electron chi connectivity index (χ0n) is 17.6. The third-order valence-corrected chi connectivity index (χ3v) is 5.11. The van der Waals surface area contributed by atoms with Crippen molar-refractivity contribution in [2.45, 2.75) is 19.5 Å². The van der Waals surface area contributed by atoms with Crippen LogP contribution in [0.1, 0.15) is 27.2 Å². The predicted octanol–water partition coefficient (Wildman–Crippen LogP) is 4.99. The molecule has 0 radical (unpaired) electrons. The topological polar surface area (TPSA) is 62.6 Å². The molecule has 1 aromatic heterocycles. The Bertz CT molecular complexity index is 1140. The maximum atomic E-state index is 13.1. The van der Waals surface area contributed by atoms with Crippen molar-refractivity contribution in [1.82, 2.24) is 5.32 Å². The summed E-state index contributed by atoms with van der Waals surface area (Å²) in [5.41, 5.74) is 3.69. The van der Waals surface area contributed by atoms with Gasteiger partial charge in [-0.3, -0.25) is 9.59 Å². The van der Waals surface area contributed by atoms with Gasteiger partial charge in [0.1, 0.15) is 0 Å². The number of rotatable bonds is 8. The lowest BCUT2D eigenvalue weighted by molar-refractivity contribution is -0.120. The van der Waals surface area contributed by atoms with E-state index in [1.807, 2.05) is 84.9 Å². The van der Waals surface area contributed by atoms with E-state index in [0.717, 1.165) is 22.4 Å². The summed E-state index contributed by atoms with van der Waals surface area (Å²) in [6.07, 6.45) is 1.77. The van der Waals surface area contributed by atoms with Crippen molar-refractivity contribution < 1.29 is 14.0 Å². The normalized spacial score (nSPS) is 10.5. The predicted molar refractivity (Wildman–Crippen MR) is 124 cm³/mol. The number of carbonyl (C=O) groups is 2. The Morgan fingerprint density at radius 2 is 1.38 bits per heavy atom. The minimum absolute atomic E-state index is 0.0468. The first-order valence-electron chi connectivity index (χ1n) is 10.5. The highest BCUT2D eigenvalue weighted by atomic mass is 16.3. The molecule has 1 N–H and O–H groups in total. The SMILES string of the molecule is O=C(Cc1ccc(N(Cc2ccccc2)C(=O)c2ccco2)cc1)NCc1ccccc1. The molecule has 0 fully saturated rings. The number of amides is 2. The molecule has 5 heteroatoms. The lowest BCUT2D eigenvalue weighted by Crippen LogP contribution is -2.30. The summed E-state index contributed by atoms with van der Waals surface area (Å²) < 4.78 is 5.33. The summed E-state index contributed by atoms with van der Waals surface area (Å²) in [4.78, 5) is 27.1.